The van der Waals surface area contributed by atoms with Gasteiger partial charge in [0.05, 0.1) is 12.2 Å². The van der Waals surface area contributed by atoms with E-state index in [1.165, 1.54) is 0 Å². The molecule has 0 saturated heterocycles. The molecule has 0 aliphatic carbocycles. The summed E-state index contributed by atoms with van der Waals surface area (Å²) < 4.78 is 11.9. The van der Waals surface area contributed by atoms with Crippen molar-refractivity contribution in [2.75, 3.05) is 0 Å². The topological polar surface area (TPSA) is 18.5 Å². The molecule has 0 aromatic heterocycles. The lowest BCUT2D eigenvalue weighted by atomic mass is 10.3. The number of hydrogen-bond acceptors (Lipinski definition) is 5. The molecule has 0 atom stereocenters. The van der Waals surface area contributed by atoms with Crippen molar-refractivity contribution in [3.05, 3.63) is 10.3 Å². The van der Waals surface area contributed by atoms with E-state index in [2.05, 4.69) is 33.1 Å². The summed E-state index contributed by atoms with van der Waals surface area (Å²) in [7, 11) is 0. The maximum atomic E-state index is 5.87. The Labute approximate surface area is 132 Å². The van der Waals surface area contributed by atoms with Crippen LogP contribution in [-0.4, -0.2) is 17.0 Å². The van der Waals surface area contributed by atoms with E-state index < -0.39 is 5.69 Å². The van der Waals surface area contributed by atoms with E-state index in [0.717, 1.165) is 4.91 Å². The van der Waals surface area contributed by atoms with Crippen LogP contribution in [0.3, 0.4) is 0 Å². The minimum absolute atomic E-state index is 0.0835. The van der Waals surface area contributed by atoms with E-state index in [4.69, 9.17) is 20.9 Å². The van der Waals surface area contributed by atoms with Gasteiger partial charge in [-0.25, -0.2) is 0 Å². The van der Waals surface area contributed by atoms with Gasteiger partial charge in [0.2, 0.25) is 0 Å². The Balaban J connectivity index is 4.77. The Bertz CT molecular complexity index is 332. The van der Waals surface area contributed by atoms with Crippen LogP contribution < -0.4 is 0 Å². The second-order valence-corrected chi connectivity index (χ2v) is 13.8. The minimum atomic E-state index is -2.30. The molecule has 0 aliphatic heterocycles. The average Bonchev–Trinajstić information content (AvgIpc) is 2.09. The smallest absolute Gasteiger partial charge is 0.252 e. The molecular weight excluding hydrogens is 315 g/mol. The Morgan fingerprint density at radius 2 is 1.53 bits per heavy atom. The van der Waals surface area contributed by atoms with Crippen LogP contribution in [0.15, 0.2) is 10.3 Å². The van der Waals surface area contributed by atoms with E-state index in [-0.39, 0.29) is 17.0 Å². The molecule has 0 aromatic rings. The fraction of sp³-hybridized carbons (Fsp3) is 0.846. The molecule has 0 spiro atoms. The van der Waals surface area contributed by atoms with Crippen LogP contribution >= 0.6 is 28.8 Å². The van der Waals surface area contributed by atoms with Gasteiger partial charge in [-0.1, -0.05) is 20.8 Å². The summed E-state index contributed by atoms with van der Waals surface area (Å²) in [5.41, 5.74) is -2.30. The summed E-state index contributed by atoms with van der Waals surface area (Å²) in [6.07, 6.45) is 0.167. The molecular formula is C13H27O2PS3. The lowest BCUT2D eigenvalue weighted by molar-refractivity contribution is 0.186. The molecule has 0 aromatic carbocycles. The molecule has 0 amide bonds. The summed E-state index contributed by atoms with van der Waals surface area (Å²) in [6, 6.07) is 0. The zero-order valence-corrected chi connectivity index (χ0v) is 16.6. The quantitative estimate of drug-likeness (QED) is 0.512. The van der Waals surface area contributed by atoms with Crippen LogP contribution in [0.2, 0.25) is 0 Å². The molecule has 19 heavy (non-hydrogen) atoms. The van der Waals surface area contributed by atoms with Gasteiger partial charge in [0.25, 0.3) is 5.69 Å². The van der Waals surface area contributed by atoms with Crippen LogP contribution in [0.25, 0.3) is 0 Å². The van der Waals surface area contributed by atoms with Crippen molar-refractivity contribution >= 4 is 40.6 Å². The van der Waals surface area contributed by atoms with Crippen molar-refractivity contribution in [1.82, 2.24) is 0 Å². The molecule has 2 nitrogen and oxygen atoms in total. The van der Waals surface area contributed by atoms with E-state index >= 15 is 0 Å². The predicted octanol–water partition coefficient (Wildman–Crippen LogP) is 6.19. The Morgan fingerprint density at radius 3 is 1.84 bits per heavy atom. The zero-order chi connectivity index (χ0) is 15.3. The minimum Gasteiger partial charge on any atom is -0.319 e. The van der Waals surface area contributed by atoms with E-state index in [0.29, 0.717) is 0 Å². The van der Waals surface area contributed by atoms with Crippen molar-refractivity contribution in [3.63, 3.8) is 0 Å². The standard InChI is InChI=1S/C13H27O2PS3/c1-10(2)14-16(17,15-11(3)4)19-12(5)9-18-13(6,7)8/h9-11H,1-8H3/b12-9-. The third-order valence-corrected chi connectivity index (χ3v) is 8.07. The predicted molar refractivity (Wildman–Crippen MR) is 95.4 cm³/mol. The van der Waals surface area contributed by atoms with Gasteiger partial charge in [0.15, 0.2) is 0 Å². The molecule has 0 heterocycles. The SMILES string of the molecule is C/C(=C/SC(C)(C)C)SP(=S)(OC(C)C)OC(C)C. The van der Waals surface area contributed by atoms with Gasteiger partial charge in [0, 0.05) is 4.75 Å². The summed E-state index contributed by atoms with van der Waals surface area (Å²) in [5, 5.41) is 2.15. The Hall–Kier alpha value is 1.01. The molecule has 0 saturated carbocycles. The molecule has 0 aliphatic rings. The lowest BCUT2D eigenvalue weighted by Crippen LogP contribution is -2.06. The highest BCUT2D eigenvalue weighted by Gasteiger charge is 2.24. The normalized spacial score (nSPS) is 14.5. The van der Waals surface area contributed by atoms with Crippen molar-refractivity contribution in [2.24, 2.45) is 0 Å². The molecule has 0 bridgehead atoms. The molecule has 6 heteroatoms. The molecule has 0 N–H and O–H groups in total. The number of rotatable bonds is 7. The maximum Gasteiger partial charge on any atom is 0.252 e. The van der Waals surface area contributed by atoms with Crippen LogP contribution in [0.1, 0.15) is 55.4 Å². The first-order valence-corrected chi connectivity index (χ1v) is 11.4. The first kappa shape index (κ1) is 20.0. The lowest BCUT2D eigenvalue weighted by Gasteiger charge is -2.26. The zero-order valence-electron chi connectivity index (χ0n) is 13.2. The largest absolute Gasteiger partial charge is 0.319 e. The van der Waals surface area contributed by atoms with Gasteiger partial charge >= 0.3 is 0 Å². The summed E-state index contributed by atoms with van der Waals surface area (Å²) in [4.78, 5) is 1.16. The molecule has 0 rings (SSSR count). The average molecular weight is 343 g/mol. The fourth-order valence-electron chi connectivity index (χ4n) is 1.04. The van der Waals surface area contributed by atoms with E-state index in [1.54, 1.807) is 23.1 Å². The second kappa shape index (κ2) is 8.45. The van der Waals surface area contributed by atoms with Gasteiger partial charge in [-0.15, -0.1) is 11.8 Å². The number of thioether (sulfide) groups is 1. The molecule has 114 valence electrons. The molecule has 0 fully saturated rings. The highest BCUT2D eigenvalue weighted by atomic mass is 32.9. The fourth-order valence-corrected chi connectivity index (χ4v) is 8.23. The Morgan fingerprint density at radius 1 is 1.11 bits per heavy atom. The first-order valence-electron chi connectivity index (χ1n) is 6.44. The van der Waals surface area contributed by atoms with Gasteiger partial charge in [-0.05, 0) is 68.1 Å². The second-order valence-electron chi connectivity index (χ2n) is 5.81. The van der Waals surface area contributed by atoms with Gasteiger partial charge in [0.1, 0.15) is 0 Å². The summed E-state index contributed by atoms with van der Waals surface area (Å²) >= 11 is 8.98. The van der Waals surface area contributed by atoms with Crippen molar-refractivity contribution < 1.29 is 9.05 Å². The van der Waals surface area contributed by atoms with Crippen molar-refractivity contribution in [1.29, 1.82) is 0 Å². The molecule has 0 unspecified atom stereocenters. The van der Waals surface area contributed by atoms with Crippen molar-refractivity contribution in [2.45, 2.75) is 72.3 Å². The van der Waals surface area contributed by atoms with Gasteiger partial charge in [-0.2, -0.15) is 0 Å². The third kappa shape index (κ3) is 11.4. The van der Waals surface area contributed by atoms with Crippen LogP contribution in [0, 0.1) is 0 Å². The Kier molecular flexibility index (Phi) is 8.90. The van der Waals surface area contributed by atoms with E-state index in [1.807, 2.05) is 27.7 Å². The summed E-state index contributed by atoms with van der Waals surface area (Å²) in [5.74, 6) is 0. The monoisotopic (exact) mass is 342 g/mol. The van der Waals surface area contributed by atoms with Crippen LogP contribution in [-0.2, 0) is 20.9 Å². The number of allylic oxidation sites excluding steroid dienone is 1. The number of hydrogen-bond donors (Lipinski definition) is 0. The third-order valence-electron chi connectivity index (χ3n) is 1.51. The van der Waals surface area contributed by atoms with Crippen molar-refractivity contribution in [3.8, 4) is 0 Å². The highest BCUT2D eigenvalue weighted by molar-refractivity contribution is 8.69. The van der Waals surface area contributed by atoms with Gasteiger partial charge in [-0.3, -0.25) is 0 Å². The maximum absolute atomic E-state index is 5.87. The van der Waals surface area contributed by atoms with Gasteiger partial charge < -0.3 is 9.05 Å². The van der Waals surface area contributed by atoms with E-state index in [9.17, 15) is 0 Å². The van der Waals surface area contributed by atoms with Crippen LogP contribution in [0.5, 0.6) is 0 Å². The van der Waals surface area contributed by atoms with Crippen LogP contribution in [0.4, 0.5) is 0 Å². The first-order chi connectivity index (χ1) is 8.43. The summed E-state index contributed by atoms with van der Waals surface area (Å²) in [6.45, 7) is 16.6. The molecule has 0 radical (unpaired) electrons. The highest BCUT2D eigenvalue weighted by Crippen LogP contribution is 2.65.